The van der Waals surface area contributed by atoms with E-state index in [4.69, 9.17) is 11.6 Å². The third-order valence-electron chi connectivity index (χ3n) is 4.56. The average Bonchev–Trinajstić information content (AvgIpc) is 2.77. The largest absolute Gasteiger partial charge is 0.356 e. The number of aliphatic imine (C=N–C) groups is 1. The minimum atomic E-state index is -0.757. The number of benzene rings is 2. The number of hydrogen-bond donors (Lipinski definition) is 3. The Morgan fingerprint density at radius 3 is 2.38 bits per heavy atom. The Morgan fingerprint density at radius 1 is 1.12 bits per heavy atom. The zero-order chi connectivity index (χ0) is 23.7. The fourth-order valence-corrected chi connectivity index (χ4v) is 2.90. The monoisotopic (exact) mass is 465 g/mol. The molecule has 2 aromatic carbocycles. The number of nitrogens with zero attached hydrogens (tertiary/aromatic N) is 2. The Bertz CT molecular complexity index is 954. The molecule has 2 unspecified atom stereocenters. The number of nitrogens with one attached hydrogen (secondary N) is 3. The van der Waals surface area contributed by atoms with Gasteiger partial charge in [0, 0.05) is 18.5 Å². The average molecular weight is 466 g/mol. The van der Waals surface area contributed by atoms with E-state index in [9.17, 15) is 18.5 Å². The van der Waals surface area contributed by atoms with Crippen molar-refractivity contribution in [1.29, 1.82) is 0 Å². The number of halogens is 3. The Kier molecular flexibility index (Phi) is 9.67. The second kappa shape index (κ2) is 12.2. The van der Waals surface area contributed by atoms with Gasteiger partial charge in [0.15, 0.2) is 0 Å². The van der Waals surface area contributed by atoms with E-state index < -0.39 is 29.7 Å². The summed E-state index contributed by atoms with van der Waals surface area (Å²) in [5.74, 6) is -1.39. The summed E-state index contributed by atoms with van der Waals surface area (Å²) in [7, 11) is 1.67. The molecular formula is C22H26ClF2N5O2. The molecule has 172 valence electrons. The quantitative estimate of drug-likeness (QED) is 0.221. The summed E-state index contributed by atoms with van der Waals surface area (Å²) in [5.41, 5.74) is 0.599. The molecule has 32 heavy (non-hydrogen) atoms. The van der Waals surface area contributed by atoms with Gasteiger partial charge in [-0.15, -0.1) is 0 Å². The highest BCUT2D eigenvalue weighted by Crippen LogP contribution is 2.22. The first-order valence-electron chi connectivity index (χ1n) is 10.1. The molecule has 0 aliphatic carbocycles. The molecule has 3 N–H and O–H groups in total. The van der Waals surface area contributed by atoms with Crippen molar-refractivity contribution in [2.24, 2.45) is 16.1 Å². The summed E-state index contributed by atoms with van der Waals surface area (Å²) in [5, 5.41) is 12.2. The van der Waals surface area contributed by atoms with Gasteiger partial charge in [-0.3, -0.25) is 4.79 Å². The van der Waals surface area contributed by atoms with Crippen LogP contribution in [0.25, 0.3) is 0 Å². The van der Waals surface area contributed by atoms with Gasteiger partial charge in [0.2, 0.25) is 5.96 Å². The van der Waals surface area contributed by atoms with E-state index in [0.29, 0.717) is 12.1 Å². The van der Waals surface area contributed by atoms with Gasteiger partial charge in [-0.05, 0) is 48.9 Å². The first kappa shape index (κ1) is 25.4. The van der Waals surface area contributed by atoms with Crippen LogP contribution in [0.3, 0.4) is 0 Å². The molecule has 10 heteroatoms. The fraction of sp³-hybridized carbons (Fsp3) is 0.364. The van der Waals surface area contributed by atoms with Crippen LogP contribution in [0.5, 0.6) is 0 Å². The SMILES string of the molecule is CNC(CC(N=O)c1ccc(F)cc1)N/C(=N\C(=O)c1ccc(Cl)c(F)c1)NCC(C)C. The number of hydrogen-bond acceptors (Lipinski definition) is 4. The van der Waals surface area contributed by atoms with Crippen LogP contribution in [0, 0.1) is 22.5 Å². The standard InChI is InChI=1S/C22H26ClF2N5O2/c1-13(2)12-27-22(29-21(31)15-6-9-17(23)18(25)10-15)28-20(26-3)11-19(30-32)14-4-7-16(24)8-5-14/h4-10,13,19-20,26H,11-12H2,1-3H3,(H2,27,28,29,31). The molecular weight excluding hydrogens is 440 g/mol. The fourth-order valence-electron chi connectivity index (χ4n) is 2.78. The van der Waals surface area contributed by atoms with E-state index in [1.54, 1.807) is 7.05 Å². The second-order valence-electron chi connectivity index (χ2n) is 7.56. The molecule has 0 aliphatic rings. The zero-order valence-electron chi connectivity index (χ0n) is 18.0. The van der Waals surface area contributed by atoms with Crippen molar-refractivity contribution in [2.45, 2.75) is 32.5 Å². The zero-order valence-corrected chi connectivity index (χ0v) is 18.8. The van der Waals surface area contributed by atoms with E-state index in [2.05, 4.69) is 26.1 Å². The van der Waals surface area contributed by atoms with Crippen molar-refractivity contribution in [3.8, 4) is 0 Å². The van der Waals surface area contributed by atoms with Crippen LogP contribution in [0.1, 0.15) is 42.2 Å². The van der Waals surface area contributed by atoms with Crippen LogP contribution in [-0.2, 0) is 0 Å². The second-order valence-corrected chi connectivity index (χ2v) is 7.97. The van der Waals surface area contributed by atoms with Crippen LogP contribution in [-0.4, -0.2) is 31.6 Å². The maximum Gasteiger partial charge on any atom is 0.280 e. The van der Waals surface area contributed by atoms with Gasteiger partial charge in [-0.25, -0.2) is 8.78 Å². The molecule has 0 spiro atoms. The lowest BCUT2D eigenvalue weighted by atomic mass is 10.0. The highest BCUT2D eigenvalue weighted by atomic mass is 35.5. The lowest BCUT2D eigenvalue weighted by Gasteiger charge is -2.23. The number of carbonyl (C=O) groups excluding carboxylic acids is 1. The van der Waals surface area contributed by atoms with Crippen molar-refractivity contribution in [3.63, 3.8) is 0 Å². The predicted molar refractivity (Wildman–Crippen MR) is 122 cm³/mol. The Balaban J connectivity index is 2.21. The lowest BCUT2D eigenvalue weighted by molar-refractivity contribution is 0.100. The van der Waals surface area contributed by atoms with Crippen LogP contribution >= 0.6 is 11.6 Å². The van der Waals surface area contributed by atoms with E-state index in [0.717, 1.165) is 6.07 Å². The maximum absolute atomic E-state index is 13.7. The van der Waals surface area contributed by atoms with Gasteiger partial charge < -0.3 is 16.0 Å². The number of carbonyl (C=O) groups is 1. The minimum absolute atomic E-state index is 0.0392. The predicted octanol–water partition coefficient (Wildman–Crippen LogP) is 4.39. The smallest absolute Gasteiger partial charge is 0.280 e. The molecule has 0 aliphatic heterocycles. The minimum Gasteiger partial charge on any atom is -0.356 e. The van der Waals surface area contributed by atoms with E-state index in [-0.39, 0.29) is 28.9 Å². The summed E-state index contributed by atoms with van der Waals surface area (Å²) < 4.78 is 26.9. The third kappa shape index (κ3) is 7.65. The molecule has 1 amide bonds. The first-order chi connectivity index (χ1) is 15.2. The Hall–Kier alpha value is -2.91. The molecule has 2 atom stereocenters. The first-order valence-corrected chi connectivity index (χ1v) is 10.4. The highest BCUT2D eigenvalue weighted by Gasteiger charge is 2.20. The molecule has 0 fully saturated rings. The lowest BCUT2D eigenvalue weighted by Crippen LogP contribution is -2.50. The van der Waals surface area contributed by atoms with Crippen LogP contribution in [0.2, 0.25) is 5.02 Å². The Labute approximate surface area is 190 Å². The molecule has 0 aromatic heterocycles. The molecule has 0 radical (unpaired) electrons. The number of guanidine groups is 1. The summed E-state index contributed by atoms with van der Waals surface area (Å²) in [4.78, 5) is 28.0. The third-order valence-corrected chi connectivity index (χ3v) is 4.86. The maximum atomic E-state index is 13.7. The van der Waals surface area contributed by atoms with Gasteiger partial charge in [0.25, 0.3) is 5.91 Å². The van der Waals surface area contributed by atoms with E-state index in [1.165, 1.54) is 36.4 Å². The molecule has 2 rings (SSSR count). The summed E-state index contributed by atoms with van der Waals surface area (Å²) in [6.07, 6.45) is -0.298. The van der Waals surface area contributed by atoms with Gasteiger partial charge in [0.05, 0.1) is 11.2 Å². The number of amides is 1. The van der Waals surface area contributed by atoms with Crippen molar-refractivity contribution < 1.29 is 13.6 Å². The van der Waals surface area contributed by atoms with Crippen LogP contribution in [0.4, 0.5) is 8.78 Å². The van der Waals surface area contributed by atoms with E-state index in [1.807, 2.05) is 13.8 Å². The molecule has 0 saturated heterocycles. The normalized spacial score (nSPS) is 13.5. The summed E-state index contributed by atoms with van der Waals surface area (Å²) >= 11 is 5.67. The van der Waals surface area contributed by atoms with Gasteiger partial charge in [-0.1, -0.05) is 42.8 Å². The molecule has 0 heterocycles. The molecule has 2 aromatic rings. The van der Waals surface area contributed by atoms with E-state index >= 15 is 0 Å². The van der Waals surface area contributed by atoms with Crippen molar-refractivity contribution >= 4 is 23.5 Å². The van der Waals surface area contributed by atoms with Crippen LogP contribution < -0.4 is 16.0 Å². The van der Waals surface area contributed by atoms with Crippen molar-refractivity contribution in [2.75, 3.05) is 13.6 Å². The van der Waals surface area contributed by atoms with Gasteiger partial charge in [-0.2, -0.15) is 9.90 Å². The topological polar surface area (TPSA) is 94.9 Å². The number of nitroso groups, excluding NO2 is 1. The van der Waals surface area contributed by atoms with Gasteiger partial charge >= 0.3 is 0 Å². The molecule has 7 nitrogen and oxygen atoms in total. The molecule has 0 bridgehead atoms. The highest BCUT2D eigenvalue weighted by molar-refractivity contribution is 6.30. The number of rotatable bonds is 9. The van der Waals surface area contributed by atoms with Crippen LogP contribution in [0.15, 0.2) is 52.6 Å². The molecule has 0 saturated carbocycles. The van der Waals surface area contributed by atoms with Crippen molar-refractivity contribution in [3.05, 3.63) is 75.2 Å². The van der Waals surface area contributed by atoms with Crippen molar-refractivity contribution in [1.82, 2.24) is 16.0 Å². The Morgan fingerprint density at radius 2 is 1.81 bits per heavy atom. The van der Waals surface area contributed by atoms with Gasteiger partial charge in [0.1, 0.15) is 17.7 Å². The summed E-state index contributed by atoms with van der Waals surface area (Å²) in [6, 6.07) is 8.45. The summed E-state index contributed by atoms with van der Waals surface area (Å²) in [6.45, 7) is 4.48.